The Kier molecular flexibility index (Phi) is 3.51. The van der Waals surface area contributed by atoms with Gasteiger partial charge in [-0.2, -0.15) is 0 Å². The van der Waals surface area contributed by atoms with Crippen LogP contribution in [-0.4, -0.2) is 23.7 Å². The first-order chi connectivity index (χ1) is 10.6. The van der Waals surface area contributed by atoms with Crippen molar-refractivity contribution in [2.45, 2.75) is 0 Å². The number of fused-ring (bicyclic) bond motifs is 1. The van der Waals surface area contributed by atoms with Gasteiger partial charge >= 0.3 is 0 Å². The number of rotatable bonds is 4. The van der Waals surface area contributed by atoms with E-state index in [4.69, 9.17) is 4.74 Å². The number of methoxy groups -OCH3 is 1. The normalized spacial score (nSPS) is 10.6. The van der Waals surface area contributed by atoms with Crippen molar-refractivity contribution in [2.24, 2.45) is 7.05 Å². The SMILES string of the molecule is COc1ccc2cc(-c3cc(C(=O)C=O)n(C)c3)ccc2c1. The average Bonchev–Trinajstić information content (AvgIpc) is 2.95. The molecule has 0 bridgehead atoms. The van der Waals surface area contributed by atoms with Crippen LogP contribution in [-0.2, 0) is 11.8 Å². The molecule has 2 aromatic carbocycles. The molecule has 22 heavy (non-hydrogen) atoms. The van der Waals surface area contributed by atoms with E-state index in [1.165, 1.54) is 0 Å². The van der Waals surface area contributed by atoms with Crippen LogP contribution < -0.4 is 4.74 Å². The van der Waals surface area contributed by atoms with Crippen LogP contribution >= 0.6 is 0 Å². The van der Waals surface area contributed by atoms with Crippen LogP contribution in [0.5, 0.6) is 5.75 Å². The highest BCUT2D eigenvalue weighted by atomic mass is 16.5. The Labute approximate surface area is 127 Å². The van der Waals surface area contributed by atoms with Gasteiger partial charge in [-0.15, -0.1) is 0 Å². The number of hydrogen-bond donors (Lipinski definition) is 0. The minimum absolute atomic E-state index is 0.339. The third-order valence-corrected chi connectivity index (χ3v) is 3.75. The molecule has 4 nitrogen and oxygen atoms in total. The summed E-state index contributed by atoms with van der Waals surface area (Å²) in [5.41, 5.74) is 2.29. The quantitative estimate of drug-likeness (QED) is 0.421. The number of aromatic nitrogens is 1. The average molecular weight is 293 g/mol. The van der Waals surface area contributed by atoms with Gasteiger partial charge in [0.05, 0.1) is 12.8 Å². The van der Waals surface area contributed by atoms with Gasteiger partial charge in [0.15, 0.2) is 6.29 Å². The van der Waals surface area contributed by atoms with Crippen LogP contribution in [0.1, 0.15) is 10.5 Å². The maximum absolute atomic E-state index is 11.6. The van der Waals surface area contributed by atoms with Gasteiger partial charge in [0.1, 0.15) is 5.75 Å². The summed E-state index contributed by atoms with van der Waals surface area (Å²) in [6, 6.07) is 13.7. The Morgan fingerprint density at radius 1 is 1.05 bits per heavy atom. The smallest absolute Gasteiger partial charge is 0.241 e. The first-order valence-corrected chi connectivity index (χ1v) is 6.86. The second kappa shape index (κ2) is 5.48. The summed E-state index contributed by atoms with van der Waals surface area (Å²) in [6.45, 7) is 0. The minimum atomic E-state index is -0.515. The van der Waals surface area contributed by atoms with E-state index < -0.39 is 5.78 Å². The van der Waals surface area contributed by atoms with E-state index in [-0.39, 0.29) is 0 Å². The number of aryl methyl sites for hydroxylation is 1. The minimum Gasteiger partial charge on any atom is -0.497 e. The molecule has 0 aliphatic heterocycles. The first-order valence-electron chi connectivity index (χ1n) is 6.86. The lowest BCUT2D eigenvalue weighted by Gasteiger charge is -2.04. The van der Waals surface area contributed by atoms with Gasteiger partial charge < -0.3 is 9.30 Å². The number of carbonyl (C=O) groups excluding carboxylic acids is 2. The standard InChI is InChI=1S/C18H15NO3/c1-19-10-15(9-17(19)18(21)11-20)13-3-4-14-8-16(22-2)6-5-12(14)7-13/h3-11H,1-2H3. The fourth-order valence-corrected chi connectivity index (χ4v) is 2.56. The van der Waals surface area contributed by atoms with Crippen molar-refractivity contribution >= 4 is 22.8 Å². The lowest BCUT2D eigenvalue weighted by molar-refractivity contribution is -0.104. The van der Waals surface area contributed by atoms with E-state index in [2.05, 4.69) is 6.07 Å². The van der Waals surface area contributed by atoms with E-state index >= 15 is 0 Å². The lowest BCUT2D eigenvalue weighted by Crippen LogP contribution is -2.05. The van der Waals surface area contributed by atoms with E-state index in [1.54, 1.807) is 24.8 Å². The number of ketones is 1. The molecule has 110 valence electrons. The number of carbonyl (C=O) groups is 2. The zero-order chi connectivity index (χ0) is 15.7. The first kappa shape index (κ1) is 14.1. The zero-order valence-corrected chi connectivity index (χ0v) is 12.4. The van der Waals surface area contributed by atoms with Crippen LogP contribution in [0.15, 0.2) is 48.7 Å². The molecule has 0 aliphatic rings. The summed E-state index contributed by atoms with van der Waals surface area (Å²) in [7, 11) is 3.40. The molecule has 3 rings (SSSR count). The van der Waals surface area contributed by atoms with Crippen LogP contribution in [0.2, 0.25) is 0 Å². The predicted molar refractivity (Wildman–Crippen MR) is 85.3 cm³/mol. The Balaban J connectivity index is 2.07. The number of aldehydes is 1. The van der Waals surface area contributed by atoms with Crippen molar-refractivity contribution in [2.75, 3.05) is 7.11 Å². The van der Waals surface area contributed by atoms with Crippen molar-refractivity contribution < 1.29 is 14.3 Å². The summed E-state index contributed by atoms with van der Waals surface area (Å²) >= 11 is 0. The largest absolute Gasteiger partial charge is 0.497 e. The van der Waals surface area contributed by atoms with Crippen molar-refractivity contribution in [3.05, 3.63) is 54.4 Å². The van der Waals surface area contributed by atoms with Gasteiger partial charge in [-0.25, -0.2) is 0 Å². The molecule has 3 aromatic rings. The van der Waals surface area contributed by atoms with E-state index in [9.17, 15) is 9.59 Å². The van der Waals surface area contributed by atoms with Gasteiger partial charge in [0, 0.05) is 18.8 Å². The summed E-state index contributed by atoms with van der Waals surface area (Å²) in [5.74, 6) is 0.304. The molecule has 0 atom stereocenters. The highest BCUT2D eigenvalue weighted by molar-refractivity contribution is 6.32. The Morgan fingerprint density at radius 2 is 1.77 bits per heavy atom. The number of nitrogens with zero attached hydrogens (tertiary/aromatic N) is 1. The summed E-state index contributed by atoms with van der Waals surface area (Å²) < 4.78 is 6.89. The van der Waals surface area contributed by atoms with Gasteiger partial charge in [0.2, 0.25) is 5.78 Å². The number of hydrogen-bond acceptors (Lipinski definition) is 3. The number of benzene rings is 2. The molecule has 0 aliphatic carbocycles. The molecule has 0 radical (unpaired) electrons. The Hall–Kier alpha value is -2.88. The molecule has 1 aromatic heterocycles. The summed E-state index contributed by atoms with van der Waals surface area (Å²) in [5, 5.41) is 2.17. The second-order valence-corrected chi connectivity index (χ2v) is 5.13. The van der Waals surface area contributed by atoms with Crippen LogP contribution in [0.4, 0.5) is 0 Å². The van der Waals surface area contributed by atoms with Crippen LogP contribution in [0, 0.1) is 0 Å². The zero-order valence-electron chi connectivity index (χ0n) is 12.4. The lowest BCUT2D eigenvalue weighted by atomic mass is 10.0. The van der Waals surface area contributed by atoms with Crippen LogP contribution in [0.3, 0.4) is 0 Å². The van der Waals surface area contributed by atoms with Gasteiger partial charge in [-0.05, 0) is 40.6 Å². The van der Waals surface area contributed by atoms with E-state index in [1.807, 2.05) is 36.5 Å². The third-order valence-electron chi connectivity index (χ3n) is 3.75. The van der Waals surface area contributed by atoms with Crippen molar-refractivity contribution in [1.82, 2.24) is 4.57 Å². The monoisotopic (exact) mass is 293 g/mol. The highest BCUT2D eigenvalue weighted by Crippen LogP contribution is 2.28. The fourth-order valence-electron chi connectivity index (χ4n) is 2.56. The Morgan fingerprint density at radius 3 is 2.50 bits per heavy atom. The molecule has 0 fully saturated rings. The second-order valence-electron chi connectivity index (χ2n) is 5.13. The van der Waals surface area contributed by atoms with Gasteiger partial charge in [-0.1, -0.05) is 18.2 Å². The van der Waals surface area contributed by atoms with E-state index in [0.29, 0.717) is 12.0 Å². The highest BCUT2D eigenvalue weighted by Gasteiger charge is 2.12. The molecule has 0 amide bonds. The molecule has 0 saturated carbocycles. The molecule has 0 unspecified atom stereocenters. The van der Waals surface area contributed by atoms with Gasteiger partial charge in [-0.3, -0.25) is 9.59 Å². The van der Waals surface area contributed by atoms with E-state index in [0.717, 1.165) is 27.6 Å². The predicted octanol–water partition coefficient (Wildman–Crippen LogP) is 3.24. The maximum Gasteiger partial charge on any atom is 0.241 e. The van der Waals surface area contributed by atoms with Crippen molar-refractivity contribution in [1.29, 1.82) is 0 Å². The van der Waals surface area contributed by atoms with Gasteiger partial charge in [0.25, 0.3) is 0 Å². The molecule has 4 heteroatoms. The number of ether oxygens (including phenoxy) is 1. The fraction of sp³-hybridized carbons (Fsp3) is 0.111. The molecule has 0 spiro atoms. The maximum atomic E-state index is 11.6. The summed E-state index contributed by atoms with van der Waals surface area (Å²) in [4.78, 5) is 22.2. The summed E-state index contributed by atoms with van der Waals surface area (Å²) in [6.07, 6.45) is 2.19. The third kappa shape index (κ3) is 2.39. The number of Topliss-reactive ketones (excluding diaryl/α,β-unsaturated/α-hetero) is 1. The van der Waals surface area contributed by atoms with Crippen molar-refractivity contribution in [3.63, 3.8) is 0 Å². The molecular weight excluding hydrogens is 278 g/mol. The molecule has 0 N–H and O–H groups in total. The topological polar surface area (TPSA) is 48.3 Å². The molecule has 0 saturated heterocycles. The molecule has 1 heterocycles. The van der Waals surface area contributed by atoms with Crippen LogP contribution in [0.25, 0.3) is 21.9 Å². The Bertz CT molecular complexity index is 877. The van der Waals surface area contributed by atoms with Crippen molar-refractivity contribution in [3.8, 4) is 16.9 Å². The molecular formula is C18H15NO3.